The lowest BCUT2D eigenvalue weighted by molar-refractivity contribution is -0.0518. The van der Waals surface area contributed by atoms with Gasteiger partial charge in [0.2, 0.25) is 0 Å². The molecule has 20 heavy (non-hydrogen) atoms. The number of hydrogen-bond acceptors (Lipinski definition) is 4. The topological polar surface area (TPSA) is 30.5 Å². The molecule has 0 heterocycles. The molecule has 2 rings (SSSR count). The van der Waals surface area contributed by atoms with Crippen LogP contribution in [0.2, 0.25) is 0 Å². The number of para-hydroxylation sites is 1. The van der Waals surface area contributed by atoms with E-state index in [0.717, 1.165) is 6.54 Å². The minimum absolute atomic E-state index is 0.117. The van der Waals surface area contributed by atoms with Gasteiger partial charge < -0.3 is 14.8 Å². The number of halogens is 2. The van der Waals surface area contributed by atoms with Crippen molar-refractivity contribution in [1.29, 1.82) is 0 Å². The summed E-state index contributed by atoms with van der Waals surface area (Å²) in [5, 5.41) is 3.32. The molecule has 6 heteroatoms. The van der Waals surface area contributed by atoms with E-state index in [1.54, 1.807) is 18.2 Å². The van der Waals surface area contributed by atoms with Crippen LogP contribution in [0, 0.1) is 0 Å². The summed E-state index contributed by atoms with van der Waals surface area (Å²) in [5.41, 5.74) is 0.682. The summed E-state index contributed by atoms with van der Waals surface area (Å²) in [6, 6.07) is 5.16. The highest BCUT2D eigenvalue weighted by Gasteiger charge is 2.41. The Morgan fingerprint density at radius 3 is 2.70 bits per heavy atom. The van der Waals surface area contributed by atoms with Crippen LogP contribution in [0.1, 0.15) is 18.4 Å². The largest absolute Gasteiger partial charge is 0.493 e. The Labute approximate surface area is 122 Å². The van der Waals surface area contributed by atoms with E-state index in [1.165, 1.54) is 20.0 Å². The van der Waals surface area contributed by atoms with Crippen LogP contribution in [-0.4, -0.2) is 31.3 Å². The van der Waals surface area contributed by atoms with Crippen molar-refractivity contribution in [1.82, 2.24) is 5.32 Å². The van der Waals surface area contributed by atoms with E-state index >= 15 is 0 Å². The van der Waals surface area contributed by atoms with Crippen molar-refractivity contribution in [2.75, 3.05) is 19.9 Å². The van der Waals surface area contributed by atoms with Crippen LogP contribution in [-0.2, 0) is 6.54 Å². The summed E-state index contributed by atoms with van der Waals surface area (Å²) in [6.45, 7) is -1.49. The summed E-state index contributed by atoms with van der Waals surface area (Å²) >= 11 is 1.86. The van der Waals surface area contributed by atoms with Gasteiger partial charge in [-0.2, -0.15) is 20.5 Å². The molecule has 0 aromatic heterocycles. The number of nitrogens with one attached hydrogen (secondary N) is 1. The summed E-state index contributed by atoms with van der Waals surface area (Å²) in [4.78, 5) is 0. The Bertz CT molecular complexity index is 453. The van der Waals surface area contributed by atoms with Gasteiger partial charge >= 0.3 is 6.61 Å². The second kappa shape index (κ2) is 6.63. The normalized spacial score (nSPS) is 16.2. The molecule has 1 aromatic carbocycles. The molecule has 0 bridgehead atoms. The fraction of sp³-hybridized carbons (Fsp3) is 0.571. The smallest absolute Gasteiger partial charge is 0.387 e. The molecule has 1 aliphatic rings. The molecule has 0 saturated heterocycles. The van der Waals surface area contributed by atoms with Gasteiger partial charge in [-0.05, 0) is 25.2 Å². The monoisotopic (exact) mass is 303 g/mol. The lowest BCUT2D eigenvalue weighted by atomic mass is 10.2. The molecule has 3 nitrogen and oxygen atoms in total. The molecular formula is C14H19F2NO2S. The zero-order valence-corrected chi connectivity index (χ0v) is 12.4. The third kappa shape index (κ3) is 3.76. The minimum atomic E-state index is -2.86. The number of ether oxygens (including phenoxy) is 2. The summed E-state index contributed by atoms with van der Waals surface area (Å²) in [5.74, 6) is 0.446. The van der Waals surface area contributed by atoms with Gasteiger partial charge in [-0.1, -0.05) is 12.1 Å². The van der Waals surface area contributed by atoms with Gasteiger partial charge in [0.15, 0.2) is 11.5 Å². The first kappa shape index (κ1) is 15.4. The fourth-order valence-electron chi connectivity index (χ4n) is 2.10. The summed E-state index contributed by atoms with van der Waals surface area (Å²) in [7, 11) is 1.44. The zero-order chi connectivity index (χ0) is 14.6. The molecule has 1 aromatic rings. The molecule has 1 aliphatic carbocycles. The Morgan fingerprint density at radius 2 is 2.15 bits per heavy atom. The molecule has 0 spiro atoms. The molecule has 0 atom stereocenters. The molecule has 0 amide bonds. The Kier molecular flexibility index (Phi) is 5.10. The van der Waals surface area contributed by atoms with Crippen molar-refractivity contribution >= 4 is 11.8 Å². The molecule has 1 N–H and O–H groups in total. The number of hydrogen-bond donors (Lipinski definition) is 1. The highest BCUT2D eigenvalue weighted by molar-refractivity contribution is 8.00. The van der Waals surface area contributed by atoms with E-state index < -0.39 is 6.61 Å². The molecule has 0 aliphatic heterocycles. The first-order valence-electron chi connectivity index (χ1n) is 6.47. The van der Waals surface area contributed by atoms with Crippen LogP contribution in [0.25, 0.3) is 0 Å². The van der Waals surface area contributed by atoms with Crippen molar-refractivity contribution in [3.05, 3.63) is 23.8 Å². The fourth-order valence-corrected chi connectivity index (χ4v) is 2.86. The van der Waals surface area contributed by atoms with Gasteiger partial charge in [0.05, 0.1) is 7.11 Å². The first-order chi connectivity index (χ1) is 9.60. The lowest BCUT2D eigenvalue weighted by Gasteiger charge is -2.17. The molecular weight excluding hydrogens is 284 g/mol. The molecule has 0 unspecified atom stereocenters. The van der Waals surface area contributed by atoms with E-state index in [9.17, 15) is 8.78 Å². The number of methoxy groups -OCH3 is 1. The van der Waals surface area contributed by atoms with Crippen molar-refractivity contribution in [3.63, 3.8) is 0 Å². The van der Waals surface area contributed by atoms with Gasteiger partial charge in [-0.15, -0.1) is 0 Å². The van der Waals surface area contributed by atoms with Crippen molar-refractivity contribution in [2.24, 2.45) is 0 Å². The third-order valence-corrected chi connectivity index (χ3v) is 4.91. The standard InChI is InChI=1S/C14H19F2NO2S/c1-18-11-5-3-4-10(12(11)19-13(15)16)8-17-9-14(20-2)6-7-14/h3-5,13,17H,6-9H2,1-2H3. The van der Waals surface area contributed by atoms with E-state index in [4.69, 9.17) is 4.74 Å². The van der Waals surface area contributed by atoms with Gasteiger partial charge in [0.1, 0.15) is 0 Å². The highest BCUT2D eigenvalue weighted by atomic mass is 32.2. The third-order valence-electron chi connectivity index (χ3n) is 3.49. The predicted molar refractivity (Wildman–Crippen MR) is 76.8 cm³/mol. The van der Waals surface area contributed by atoms with Gasteiger partial charge in [-0.25, -0.2) is 0 Å². The summed E-state index contributed by atoms with van der Waals surface area (Å²) < 4.78 is 35.0. The van der Waals surface area contributed by atoms with E-state index in [-0.39, 0.29) is 5.75 Å². The highest BCUT2D eigenvalue weighted by Crippen LogP contribution is 2.46. The van der Waals surface area contributed by atoms with Gasteiger partial charge in [-0.3, -0.25) is 0 Å². The summed E-state index contributed by atoms with van der Waals surface area (Å²) in [6.07, 6.45) is 4.52. The molecule has 0 radical (unpaired) electrons. The van der Waals surface area contributed by atoms with E-state index in [1.807, 2.05) is 11.8 Å². The van der Waals surface area contributed by atoms with Crippen molar-refractivity contribution < 1.29 is 18.3 Å². The predicted octanol–water partition coefficient (Wildman–Crippen LogP) is 3.28. The van der Waals surface area contributed by atoms with Crippen LogP contribution in [0.3, 0.4) is 0 Å². The second-order valence-electron chi connectivity index (χ2n) is 4.82. The van der Waals surface area contributed by atoms with Crippen molar-refractivity contribution in [3.8, 4) is 11.5 Å². The van der Waals surface area contributed by atoms with E-state index in [0.29, 0.717) is 22.6 Å². The Hall–Kier alpha value is -1.01. The number of alkyl halides is 2. The maximum absolute atomic E-state index is 12.5. The Balaban J connectivity index is 2.02. The molecule has 1 fully saturated rings. The second-order valence-corrected chi connectivity index (χ2v) is 6.09. The number of rotatable bonds is 8. The van der Waals surface area contributed by atoms with Crippen LogP contribution in [0.4, 0.5) is 8.78 Å². The van der Waals surface area contributed by atoms with Crippen LogP contribution >= 0.6 is 11.8 Å². The maximum Gasteiger partial charge on any atom is 0.387 e. The maximum atomic E-state index is 12.5. The zero-order valence-electron chi connectivity index (χ0n) is 11.6. The average Bonchev–Trinajstić information content (AvgIpc) is 3.20. The quantitative estimate of drug-likeness (QED) is 0.798. The van der Waals surface area contributed by atoms with Gasteiger partial charge in [0, 0.05) is 23.4 Å². The first-order valence-corrected chi connectivity index (χ1v) is 7.69. The Morgan fingerprint density at radius 1 is 1.40 bits per heavy atom. The van der Waals surface area contributed by atoms with Crippen molar-refractivity contribution in [2.45, 2.75) is 30.7 Å². The van der Waals surface area contributed by atoms with E-state index in [2.05, 4.69) is 16.3 Å². The van der Waals surface area contributed by atoms with Crippen LogP contribution < -0.4 is 14.8 Å². The average molecular weight is 303 g/mol. The lowest BCUT2D eigenvalue weighted by Crippen LogP contribution is -2.25. The SMILES string of the molecule is COc1cccc(CNCC2(SC)CC2)c1OC(F)F. The van der Waals surface area contributed by atoms with Crippen LogP contribution in [0.15, 0.2) is 18.2 Å². The molecule has 112 valence electrons. The molecule has 1 saturated carbocycles. The van der Waals surface area contributed by atoms with Gasteiger partial charge in [0.25, 0.3) is 0 Å². The number of thioether (sulfide) groups is 1. The van der Waals surface area contributed by atoms with Crippen LogP contribution in [0.5, 0.6) is 11.5 Å². The minimum Gasteiger partial charge on any atom is -0.493 e. The number of benzene rings is 1.